The van der Waals surface area contributed by atoms with Crippen molar-refractivity contribution in [3.8, 4) is 11.5 Å². The van der Waals surface area contributed by atoms with E-state index in [4.69, 9.17) is 23.5 Å². The Labute approximate surface area is 183 Å². The minimum absolute atomic E-state index is 0.250. The molecule has 2 N–H and O–H groups in total. The first-order valence-corrected chi connectivity index (χ1v) is 10.3. The second-order valence-electron chi connectivity index (χ2n) is 7.14. The zero-order chi connectivity index (χ0) is 22.3. The van der Waals surface area contributed by atoms with Crippen LogP contribution in [0.4, 0.5) is 5.69 Å². The van der Waals surface area contributed by atoms with Crippen LogP contribution in [0.5, 0.6) is 0 Å². The van der Waals surface area contributed by atoms with Crippen LogP contribution < -0.4 is 5.32 Å². The molecule has 4 aromatic heterocycles. The summed E-state index contributed by atoms with van der Waals surface area (Å²) in [5, 5.41) is 24.4. The number of hydrogen-bond acceptors (Lipinski definition) is 9. The number of fused-ring (bicyclic) bond motifs is 1. The first-order valence-electron chi connectivity index (χ1n) is 10.3. The van der Waals surface area contributed by atoms with E-state index in [0.717, 1.165) is 60.6 Å². The van der Waals surface area contributed by atoms with Gasteiger partial charge in [0.2, 0.25) is 5.89 Å². The maximum atomic E-state index is 8.36. The highest BCUT2D eigenvalue weighted by atomic mass is 16.5. The van der Waals surface area contributed by atoms with Gasteiger partial charge in [-0.05, 0) is 31.9 Å². The second-order valence-corrected chi connectivity index (χ2v) is 7.14. The van der Waals surface area contributed by atoms with Crippen LogP contribution >= 0.6 is 0 Å². The Morgan fingerprint density at radius 3 is 2.81 bits per heavy atom. The van der Waals surface area contributed by atoms with Gasteiger partial charge in [0.1, 0.15) is 5.76 Å². The van der Waals surface area contributed by atoms with E-state index >= 15 is 0 Å². The molecule has 1 saturated heterocycles. The molecule has 1 aliphatic heterocycles. The molecule has 0 atom stereocenters. The molecule has 0 amide bonds. The van der Waals surface area contributed by atoms with E-state index in [0.29, 0.717) is 24.2 Å². The fraction of sp³-hybridized carbons (Fsp3) is 0.381. The van der Waals surface area contributed by atoms with Crippen molar-refractivity contribution in [2.75, 3.05) is 18.5 Å². The van der Waals surface area contributed by atoms with Crippen molar-refractivity contribution in [3.63, 3.8) is 0 Å². The number of anilines is 1. The molecule has 5 rings (SSSR count). The molecule has 0 aliphatic carbocycles. The lowest BCUT2D eigenvalue weighted by atomic mass is 10.1. The SMILES string of the molecule is CCn1ncc2c(NC3CCOCC3)c(-c3nnc(Cc4ccco4)o3)cnc21.O=CO. The molecule has 32 heavy (non-hydrogen) atoms. The van der Waals surface area contributed by atoms with Crippen molar-refractivity contribution < 1.29 is 23.5 Å². The lowest BCUT2D eigenvalue weighted by molar-refractivity contribution is -0.122. The van der Waals surface area contributed by atoms with Crippen LogP contribution in [0.2, 0.25) is 0 Å². The number of nitrogens with zero attached hydrogens (tertiary/aromatic N) is 5. The first-order chi connectivity index (χ1) is 15.7. The molecule has 0 bridgehead atoms. The molecule has 1 aliphatic rings. The minimum Gasteiger partial charge on any atom is -0.483 e. The molecule has 168 valence electrons. The first kappa shape index (κ1) is 21.5. The number of ether oxygens (including phenoxy) is 1. The maximum Gasteiger partial charge on any atom is 0.290 e. The Morgan fingerprint density at radius 2 is 2.09 bits per heavy atom. The average Bonchev–Trinajstić information content (AvgIpc) is 3.57. The zero-order valence-electron chi connectivity index (χ0n) is 17.6. The van der Waals surface area contributed by atoms with Crippen LogP contribution in [0.3, 0.4) is 0 Å². The number of nitrogens with one attached hydrogen (secondary N) is 1. The van der Waals surface area contributed by atoms with E-state index in [-0.39, 0.29) is 6.47 Å². The fourth-order valence-electron chi connectivity index (χ4n) is 3.62. The van der Waals surface area contributed by atoms with Gasteiger partial charge in [0.25, 0.3) is 12.4 Å². The van der Waals surface area contributed by atoms with Crippen molar-refractivity contribution in [2.45, 2.75) is 38.8 Å². The molecule has 1 fully saturated rings. The summed E-state index contributed by atoms with van der Waals surface area (Å²) in [5.74, 6) is 1.70. The van der Waals surface area contributed by atoms with Crippen LogP contribution in [0.1, 0.15) is 31.4 Å². The smallest absolute Gasteiger partial charge is 0.290 e. The lowest BCUT2D eigenvalue weighted by Crippen LogP contribution is -2.28. The molecule has 4 aromatic rings. The van der Waals surface area contributed by atoms with Gasteiger partial charge in [-0.25, -0.2) is 9.67 Å². The van der Waals surface area contributed by atoms with E-state index in [1.807, 2.05) is 29.9 Å². The third-order valence-corrected chi connectivity index (χ3v) is 5.14. The van der Waals surface area contributed by atoms with E-state index < -0.39 is 0 Å². The Morgan fingerprint density at radius 1 is 1.28 bits per heavy atom. The molecular weight excluding hydrogens is 416 g/mol. The Bertz CT molecular complexity index is 1150. The second kappa shape index (κ2) is 10.1. The molecule has 0 unspecified atom stereocenters. The monoisotopic (exact) mass is 440 g/mol. The number of carboxylic acid groups (broad SMARTS) is 1. The number of hydrogen-bond donors (Lipinski definition) is 2. The molecule has 0 radical (unpaired) electrons. The number of aromatic nitrogens is 5. The summed E-state index contributed by atoms with van der Waals surface area (Å²) < 4.78 is 18.7. The summed E-state index contributed by atoms with van der Waals surface area (Å²) in [4.78, 5) is 13.0. The summed E-state index contributed by atoms with van der Waals surface area (Å²) in [5.41, 5.74) is 2.54. The predicted molar refractivity (Wildman–Crippen MR) is 114 cm³/mol. The molecule has 0 aromatic carbocycles. The van der Waals surface area contributed by atoms with Gasteiger partial charge in [-0.1, -0.05) is 0 Å². The van der Waals surface area contributed by atoms with Gasteiger partial charge >= 0.3 is 0 Å². The van der Waals surface area contributed by atoms with E-state index in [1.165, 1.54) is 0 Å². The molecular formula is C21H24N6O5. The summed E-state index contributed by atoms with van der Waals surface area (Å²) >= 11 is 0. The van der Waals surface area contributed by atoms with Crippen LogP contribution in [-0.2, 0) is 22.5 Å². The maximum absolute atomic E-state index is 8.36. The van der Waals surface area contributed by atoms with Crippen LogP contribution in [-0.4, -0.2) is 55.8 Å². The van der Waals surface area contributed by atoms with E-state index in [2.05, 4.69) is 25.6 Å². The predicted octanol–water partition coefficient (Wildman–Crippen LogP) is 2.98. The normalized spacial score (nSPS) is 14.2. The molecule has 11 heteroatoms. The Balaban J connectivity index is 0.000000775. The number of carbonyl (C=O) groups is 1. The van der Waals surface area contributed by atoms with Crippen molar-refractivity contribution in [3.05, 3.63) is 42.4 Å². The van der Waals surface area contributed by atoms with Gasteiger partial charge in [0.15, 0.2) is 5.65 Å². The summed E-state index contributed by atoms with van der Waals surface area (Å²) in [6.45, 7) is 4.06. The number of aryl methyl sites for hydroxylation is 1. The molecule has 5 heterocycles. The van der Waals surface area contributed by atoms with Gasteiger partial charge < -0.3 is 24.0 Å². The topological polar surface area (TPSA) is 141 Å². The van der Waals surface area contributed by atoms with E-state index in [1.54, 1.807) is 12.5 Å². The molecule has 11 nitrogen and oxygen atoms in total. The Kier molecular flexibility index (Phi) is 6.75. The summed E-state index contributed by atoms with van der Waals surface area (Å²) in [6, 6.07) is 4.03. The average molecular weight is 440 g/mol. The van der Waals surface area contributed by atoms with Crippen LogP contribution in [0.15, 0.2) is 39.6 Å². The van der Waals surface area contributed by atoms with Crippen molar-refractivity contribution in [1.82, 2.24) is 25.0 Å². The molecule has 0 spiro atoms. The van der Waals surface area contributed by atoms with Crippen molar-refractivity contribution in [1.29, 1.82) is 0 Å². The van der Waals surface area contributed by atoms with E-state index in [9.17, 15) is 0 Å². The minimum atomic E-state index is -0.250. The highest BCUT2D eigenvalue weighted by Crippen LogP contribution is 2.34. The quantitative estimate of drug-likeness (QED) is 0.430. The van der Waals surface area contributed by atoms with Gasteiger partial charge in [0, 0.05) is 32.0 Å². The third-order valence-electron chi connectivity index (χ3n) is 5.14. The summed E-state index contributed by atoms with van der Waals surface area (Å²) in [6.07, 6.45) is 7.59. The van der Waals surface area contributed by atoms with Gasteiger partial charge in [-0.15, -0.1) is 10.2 Å². The van der Waals surface area contributed by atoms with Gasteiger partial charge in [0.05, 0.1) is 35.5 Å². The largest absolute Gasteiger partial charge is 0.483 e. The van der Waals surface area contributed by atoms with Gasteiger partial charge in [-0.2, -0.15) is 5.10 Å². The standard InChI is InChI=1S/C20H22N6O3.CH2O2/c1-2-26-19-15(12-22-26)18(23-13-5-8-27-9-6-13)16(11-21-19)20-25-24-17(29-20)10-14-4-3-7-28-14;2-1-3/h3-4,7,11-13H,2,5-6,8-10H2,1H3,(H,21,23);1H,(H,2,3). The van der Waals surface area contributed by atoms with Gasteiger partial charge in [-0.3, -0.25) is 4.79 Å². The highest BCUT2D eigenvalue weighted by Gasteiger charge is 2.22. The Hall–Kier alpha value is -3.73. The van der Waals surface area contributed by atoms with Crippen molar-refractivity contribution in [2.24, 2.45) is 0 Å². The number of furan rings is 1. The number of pyridine rings is 1. The fourth-order valence-corrected chi connectivity index (χ4v) is 3.62. The summed E-state index contributed by atoms with van der Waals surface area (Å²) in [7, 11) is 0. The highest BCUT2D eigenvalue weighted by molar-refractivity contribution is 5.96. The van der Waals surface area contributed by atoms with Crippen molar-refractivity contribution >= 4 is 23.2 Å². The van der Waals surface area contributed by atoms with Crippen LogP contribution in [0, 0.1) is 0 Å². The lowest BCUT2D eigenvalue weighted by Gasteiger charge is -2.25. The number of rotatable bonds is 6. The van der Waals surface area contributed by atoms with Crippen LogP contribution in [0.25, 0.3) is 22.5 Å². The third kappa shape index (κ3) is 4.62. The zero-order valence-corrected chi connectivity index (χ0v) is 17.6. The molecule has 0 saturated carbocycles.